The third-order valence-corrected chi connectivity index (χ3v) is 5.05. The molecule has 0 radical (unpaired) electrons. The van der Waals surface area contributed by atoms with E-state index in [1.165, 1.54) is 6.07 Å². The lowest BCUT2D eigenvalue weighted by Crippen LogP contribution is -2.47. The molecule has 4 rings (SSSR count). The fourth-order valence-corrected chi connectivity index (χ4v) is 3.60. The summed E-state index contributed by atoms with van der Waals surface area (Å²) in [5.74, 6) is 0.920. The molecular formula is C20H23N5O3. The smallest absolute Gasteiger partial charge is 0.271 e. The summed E-state index contributed by atoms with van der Waals surface area (Å²) in [6.45, 7) is 6.81. The highest BCUT2D eigenvalue weighted by atomic mass is 16.6. The number of non-ortho nitro benzene ring substituents is 1. The number of piperazine rings is 1. The summed E-state index contributed by atoms with van der Waals surface area (Å²) >= 11 is 0. The SMILES string of the molecule is CCOc1ccccc1N1CCN(Cn2ncc3ccc([N+](=O)[O-])cc32)CC1. The molecule has 0 atom stereocenters. The first-order valence-corrected chi connectivity index (χ1v) is 9.45. The Balaban J connectivity index is 1.44. The van der Waals surface area contributed by atoms with Crippen LogP contribution < -0.4 is 9.64 Å². The van der Waals surface area contributed by atoms with Gasteiger partial charge in [-0.05, 0) is 25.1 Å². The van der Waals surface area contributed by atoms with Crippen molar-refractivity contribution < 1.29 is 9.66 Å². The molecule has 28 heavy (non-hydrogen) atoms. The Labute approximate surface area is 163 Å². The molecule has 8 nitrogen and oxygen atoms in total. The van der Waals surface area contributed by atoms with Crippen LogP contribution in [0.3, 0.4) is 0 Å². The van der Waals surface area contributed by atoms with Crippen molar-refractivity contribution >= 4 is 22.3 Å². The van der Waals surface area contributed by atoms with E-state index in [1.807, 2.05) is 29.8 Å². The van der Waals surface area contributed by atoms with Crippen molar-refractivity contribution in [1.82, 2.24) is 14.7 Å². The van der Waals surface area contributed by atoms with Crippen molar-refractivity contribution in [1.29, 1.82) is 0 Å². The predicted molar refractivity (Wildman–Crippen MR) is 108 cm³/mol. The number of hydrogen-bond acceptors (Lipinski definition) is 6. The number of benzene rings is 2. The second-order valence-corrected chi connectivity index (χ2v) is 6.79. The van der Waals surface area contributed by atoms with Crippen LogP contribution in [0.25, 0.3) is 10.9 Å². The van der Waals surface area contributed by atoms with Crippen LogP contribution in [0.2, 0.25) is 0 Å². The van der Waals surface area contributed by atoms with Crippen LogP contribution >= 0.6 is 0 Å². The highest BCUT2D eigenvalue weighted by Gasteiger charge is 2.20. The zero-order valence-corrected chi connectivity index (χ0v) is 15.8. The van der Waals surface area contributed by atoms with Crippen LogP contribution in [0.1, 0.15) is 6.92 Å². The fraction of sp³-hybridized carbons (Fsp3) is 0.350. The Morgan fingerprint density at radius 3 is 2.68 bits per heavy atom. The molecule has 1 saturated heterocycles. The topological polar surface area (TPSA) is 76.7 Å². The normalized spacial score (nSPS) is 15.1. The Morgan fingerprint density at radius 2 is 1.93 bits per heavy atom. The second-order valence-electron chi connectivity index (χ2n) is 6.79. The molecule has 0 amide bonds. The lowest BCUT2D eigenvalue weighted by atomic mass is 10.2. The zero-order chi connectivity index (χ0) is 19.5. The molecule has 0 unspecified atom stereocenters. The van der Waals surface area contributed by atoms with Crippen molar-refractivity contribution in [3.63, 3.8) is 0 Å². The van der Waals surface area contributed by atoms with E-state index in [1.54, 1.807) is 18.3 Å². The van der Waals surface area contributed by atoms with Gasteiger partial charge in [-0.15, -0.1) is 0 Å². The minimum absolute atomic E-state index is 0.0894. The molecule has 0 bridgehead atoms. The van der Waals surface area contributed by atoms with Gasteiger partial charge >= 0.3 is 0 Å². The van der Waals surface area contributed by atoms with Crippen LogP contribution in [-0.2, 0) is 6.67 Å². The van der Waals surface area contributed by atoms with E-state index in [-0.39, 0.29) is 10.6 Å². The third-order valence-electron chi connectivity index (χ3n) is 5.05. The Bertz CT molecular complexity index is 979. The van der Waals surface area contributed by atoms with Crippen LogP contribution in [0.15, 0.2) is 48.7 Å². The molecule has 0 N–H and O–H groups in total. The maximum atomic E-state index is 11.1. The lowest BCUT2D eigenvalue weighted by Gasteiger charge is -2.36. The number of aromatic nitrogens is 2. The van der Waals surface area contributed by atoms with E-state index in [0.717, 1.165) is 48.5 Å². The first-order chi connectivity index (χ1) is 13.7. The number of fused-ring (bicyclic) bond motifs is 1. The number of para-hydroxylation sites is 2. The van der Waals surface area contributed by atoms with Crippen LogP contribution in [0, 0.1) is 10.1 Å². The van der Waals surface area contributed by atoms with Crippen molar-refractivity contribution in [2.75, 3.05) is 37.7 Å². The number of nitro groups is 1. The molecule has 1 aliphatic rings. The number of anilines is 1. The highest BCUT2D eigenvalue weighted by molar-refractivity contribution is 5.80. The molecule has 0 aliphatic carbocycles. The zero-order valence-electron chi connectivity index (χ0n) is 15.8. The predicted octanol–water partition coefficient (Wildman–Crippen LogP) is 3.12. The van der Waals surface area contributed by atoms with E-state index in [2.05, 4.69) is 21.0 Å². The first kappa shape index (κ1) is 18.2. The van der Waals surface area contributed by atoms with Crippen LogP contribution in [0.5, 0.6) is 5.75 Å². The molecular weight excluding hydrogens is 358 g/mol. The van der Waals surface area contributed by atoms with E-state index in [0.29, 0.717) is 13.3 Å². The Morgan fingerprint density at radius 1 is 1.14 bits per heavy atom. The molecule has 0 saturated carbocycles. The highest BCUT2D eigenvalue weighted by Crippen LogP contribution is 2.29. The van der Waals surface area contributed by atoms with Crippen LogP contribution in [-0.4, -0.2) is 52.4 Å². The largest absolute Gasteiger partial charge is 0.492 e. The molecule has 8 heteroatoms. The van der Waals surface area contributed by atoms with Crippen molar-refractivity contribution in [3.8, 4) is 5.75 Å². The second kappa shape index (κ2) is 7.85. The Hall–Kier alpha value is -3.13. The molecule has 146 valence electrons. The van der Waals surface area contributed by atoms with E-state index < -0.39 is 0 Å². The fourth-order valence-electron chi connectivity index (χ4n) is 3.60. The molecule has 2 heterocycles. The standard InChI is InChI=1S/C20H23N5O3/c1-2-28-20-6-4-3-5-18(20)23-11-9-22(10-12-23)15-24-19-13-17(25(26)27)8-7-16(19)14-21-24/h3-8,13-14H,2,9-12,15H2,1H3. The average Bonchev–Trinajstić information content (AvgIpc) is 3.11. The molecule has 0 spiro atoms. The van der Waals surface area contributed by atoms with Gasteiger partial charge in [0.05, 0.1) is 35.6 Å². The van der Waals surface area contributed by atoms with Crippen molar-refractivity contribution in [2.45, 2.75) is 13.6 Å². The minimum atomic E-state index is -0.370. The summed E-state index contributed by atoms with van der Waals surface area (Å²) in [6.07, 6.45) is 1.76. The third kappa shape index (κ3) is 3.63. The van der Waals surface area contributed by atoms with Crippen molar-refractivity contribution in [2.24, 2.45) is 0 Å². The van der Waals surface area contributed by atoms with E-state index in [4.69, 9.17) is 4.74 Å². The van der Waals surface area contributed by atoms with E-state index in [9.17, 15) is 10.1 Å². The summed E-state index contributed by atoms with van der Waals surface area (Å²) in [7, 11) is 0. The number of hydrogen-bond donors (Lipinski definition) is 0. The quantitative estimate of drug-likeness (QED) is 0.482. The molecule has 2 aromatic carbocycles. The van der Waals surface area contributed by atoms with Gasteiger partial charge in [0, 0.05) is 43.7 Å². The summed E-state index contributed by atoms with van der Waals surface area (Å²) < 4.78 is 7.60. The molecule has 1 aliphatic heterocycles. The number of nitro benzene ring substituents is 1. The summed E-state index contributed by atoms with van der Waals surface area (Å²) in [5.41, 5.74) is 2.01. The summed E-state index contributed by atoms with van der Waals surface area (Å²) in [4.78, 5) is 15.3. The van der Waals surface area contributed by atoms with Gasteiger partial charge in [-0.3, -0.25) is 19.7 Å². The van der Waals surface area contributed by atoms with Gasteiger partial charge in [-0.25, -0.2) is 0 Å². The van der Waals surface area contributed by atoms with Gasteiger partial charge in [0.15, 0.2) is 0 Å². The first-order valence-electron chi connectivity index (χ1n) is 9.45. The Kier molecular flexibility index (Phi) is 5.12. The van der Waals surface area contributed by atoms with E-state index >= 15 is 0 Å². The average molecular weight is 381 g/mol. The van der Waals surface area contributed by atoms with Gasteiger partial charge < -0.3 is 9.64 Å². The van der Waals surface area contributed by atoms with Gasteiger partial charge in [0.25, 0.3) is 5.69 Å². The van der Waals surface area contributed by atoms with Gasteiger partial charge in [-0.2, -0.15) is 5.10 Å². The molecule has 3 aromatic rings. The van der Waals surface area contributed by atoms with Gasteiger partial charge in [0.2, 0.25) is 0 Å². The van der Waals surface area contributed by atoms with Gasteiger partial charge in [0.1, 0.15) is 5.75 Å². The van der Waals surface area contributed by atoms with Gasteiger partial charge in [-0.1, -0.05) is 12.1 Å². The molecule has 1 aromatic heterocycles. The number of rotatable bonds is 6. The van der Waals surface area contributed by atoms with Crippen molar-refractivity contribution in [3.05, 3.63) is 58.8 Å². The summed E-state index contributed by atoms with van der Waals surface area (Å²) in [6, 6.07) is 13.0. The molecule has 1 fully saturated rings. The number of ether oxygens (including phenoxy) is 1. The number of nitrogens with zero attached hydrogens (tertiary/aromatic N) is 5. The lowest BCUT2D eigenvalue weighted by molar-refractivity contribution is -0.384. The van der Waals surface area contributed by atoms with Crippen LogP contribution in [0.4, 0.5) is 11.4 Å². The summed E-state index contributed by atoms with van der Waals surface area (Å²) in [5, 5.41) is 16.4. The maximum Gasteiger partial charge on any atom is 0.271 e. The minimum Gasteiger partial charge on any atom is -0.492 e. The monoisotopic (exact) mass is 381 g/mol. The maximum absolute atomic E-state index is 11.1.